The van der Waals surface area contributed by atoms with E-state index in [1.54, 1.807) is 12.1 Å². The molecule has 0 atom stereocenters. The highest BCUT2D eigenvalue weighted by molar-refractivity contribution is 6.30. The summed E-state index contributed by atoms with van der Waals surface area (Å²) in [5.41, 5.74) is 0.459. The molecule has 13 heavy (non-hydrogen) atoms. The molecule has 2 aromatic rings. The molecule has 1 heterocycles. The number of aromatic nitrogens is 4. The Morgan fingerprint density at radius 3 is 2.92 bits per heavy atom. The van der Waals surface area contributed by atoms with E-state index < -0.39 is 0 Å². The third-order valence-corrected chi connectivity index (χ3v) is 1.78. The van der Waals surface area contributed by atoms with Crippen LogP contribution < -0.4 is 0 Å². The monoisotopic (exact) mass is 196 g/mol. The number of phenolic OH excluding ortho intramolecular Hbond substituents is 1. The molecule has 0 amide bonds. The Labute approximate surface area is 78.4 Å². The minimum absolute atomic E-state index is 0.0748. The second kappa shape index (κ2) is 3.02. The summed E-state index contributed by atoms with van der Waals surface area (Å²) in [6, 6.07) is 4.64. The number of hydrogen-bond donors (Lipinski definition) is 2. The summed E-state index contributed by atoms with van der Waals surface area (Å²) in [6.45, 7) is 0. The molecule has 0 radical (unpaired) electrons. The molecule has 2 rings (SSSR count). The van der Waals surface area contributed by atoms with Crippen LogP contribution in [0.1, 0.15) is 0 Å². The van der Waals surface area contributed by atoms with E-state index in [-0.39, 0.29) is 5.75 Å². The van der Waals surface area contributed by atoms with Crippen molar-refractivity contribution in [1.82, 2.24) is 20.6 Å². The zero-order valence-electron chi connectivity index (χ0n) is 6.40. The van der Waals surface area contributed by atoms with Gasteiger partial charge in [-0.15, -0.1) is 10.2 Å². The summed E-state index contributed by atoms with van der Waals surface area (Å²) in [4.78, 5) is 0. The van der Waals surface area contributed by atoms with Gasteiger partial charge in [0.15, 0.2) is 0 Å². The van der Waals surface area contributed by atoms with Gasteiger partial charge in [0.05, 0.1) is 5.56 Å². The zero-order valence-corrected chi connectivity index (χ0v) is 7.15. The van der Waals surface area contributed by atoms with Crippen LogP contribution in [0.5, 0.6) is 5.75 Å². The van der Waals surface area contributed by atoms with Crippen LogP contribution in [0.3, 0.4) is 0 Å². The predicted octanol–water partition coefficient (Wildman–Crippen LogP) is 1.23. The quantitative estimate of drug-likeness (QED) is 0.719. The van der Waals surface area contributed by atoms with E-state index in [0.29, 0.717) is 16.4 Å². The number of hydrogen-bond acceptors (Lipinski definition) is 4. The topological polar surface area (TPSA) is 74.7 Å². The summed E-state index contributed by atoms with van der Waals surface area (Å²) in [5, 5.41) is 23.1. The van der Waals surface area contributed by atoms with Gasteiger partial charge in [-0.25, -0.2) is 0 Å². The summed E-state index contributed by atoms with van der Waals surface area (Å²) < 4.78 is 0. The van der Waals surface area contributed by atoms with Gasteiger partial charge >= 0.3 is 0 Å². The molecule has 1 aromatic carbocycles. The van der Waals surface area contributed by atoms with Crippen molar-refractivity contribution in [2.45, 2.75) is 0 Å². The first-order valence-electron chi connectivity index (χ1n) is 3.50. The highest BCUT2D eigenvalue weighted by Gasteiger charge is 2.08. The fourth-order valence-electron chi connectivity index (χ4n) is 0.963. The number of benzene rings is 1. The molecule has 0 fully saturated rings. The third kappa shape index (κ3) is 1.46. The fraction of sp³-hybridized carbons (Fsp3) is 0. The summed E-state index contributed by atoms with van der Waals surface area (Å²) >= 11 is 5.74. The van der Waals surface area contributed by atoms with Crippen molar-refractivity contribution in [2.24, 2.45) is 0 Å². The molecule has 66 valence electrons. The number of halogens is 1. The lowest BCUT2D eigenvalue weighted by molar-refractivity contribution is 0.477. The van der Waals surface area contributed by atoms with Gasteiger partial charge in [0, 0.05) is 5.02 Å². The maximum atomic E-state index is 9.43. The molecule has 0 saturated heterocycles. The number of nitrogens with one attached hydrogen (secondary N) is 1. The predicted molar refractivity (Wildman–Crippen MR) is 46.3 cm³/mol. The zero-order chi connectivity index (χ0) is 9.26. The SMILES string of the molecule is Oc1ccc(Cl)cc1-c1nn[nH]n1. The van der Waals surface area contributed by atoms with Crippen molar-refractivity contribution in [3.63, 3.8) is 0 Å². The Morgan fingerprint density at radius 2 is 2.23 bits per heavy atom. The van der Waals surface area contributed by atoms with Crippen molar-refractivity contribution >= 4 is 11.6 Å². The van der Waals surface area contributed by atoms with Crippen LogP contribution in [-0.4, -0.2) is 25.7 Å². The van der Waals surface area contributed by atoms with E-state index in [4.69, 9.17) is 11.6 Å². The van der Waals surface area contributed by atoms with Gasteiger partial charge in [0.25, 0.3) is 0 Å². The van der Waals surface area contributed by atoms with Gasteiger partial charge in [-0.3, -0.25) is 0 Å². The van der Waals surface area contributed by atoms with Gasteiger partial charge in [-0.2, -0.15) is 5.21 Å². The first-order chi connectivity index (χ1) is 6.27. The van der Waals surface area contributed by atoms with Crippen LogP contribution in [0.4, 0.5) is 0 Å². The number of aromatic hydroxyl groups is 1. The van der Waals surface area contributed by atoms with Crippen LogP contribution >= 0.6 is 11.6 Å². The number of tetrazole rings is 1. The maximum absolute atomic E-state index is 9.43. The molecule has 0 unspecified atom stereocenters. The number of aromatic amines is 1. The minimum Gasteiger partial charge on any atom is -0.507 e. The van der Waals surface area contributed by atoms with Crippen LogP contribution in [0, 0.1) is 0 Å². The number of H-pyrrole nitrogens is 1. The molecule has 6 heteroatoms. The maximum Gasteiger partial charge on any atom is 0.208 e. The summed E-state index contributed by atoms with van der Waals surface area (Å²) in [6.07, 6.45) is 0. The second-order valence-electron chi connectivity index (χ2n) is 2.40. The van der Waals surface area contributed by atoms with Crippen LogP contribution in [-0.2, 0) is 0 Å². The Balaban J connectivity index is 2.57. The van der Waals surface area contributed by atoms with Gasteiger partial charge in [0.1, 0.15) is 5.75 Å². The van der Waals surface area contributed by atoms with Gasteiger partial charge in [-0.1, -0.05) is 11.6 Å². The molecule has 5 nitrogen and oxygen atoms in total. The molecular formula is C7H5ClN4O. The van der Waals surface area contributed by atoms with Crippen LogP contribution in [0.2, 0.25) is 5.02 Å². The van der Waals surface area contributed by atoms with Gasteiger partial charge < -0.3 is 5.11 Å². The first kappa shape index (κ1) is 8.00. The van der Waals surface area contributed by atoms with E-state index in [1.165, 1.54) is 6.07 Å². The molecule has 0 aliphatic rings. The molecule has 1 aromatic heterocycles. The lowest BCUT2D eigenvalue weighted by atomic mass is 10.2. The van der Waals surface area contributed by atoms with E-state index in [2.05, 4.69) is 20.6 Å². The summed E-state index contributed by atoms with van der Waals surface area (Å²) in [7, 11) is 0. The number of nitrogens with zero attached hydrogens (tertiary/aromatic N) is 3. The lowest BCUT2D eigenvalue weighted by Gasteiger charge is -1.98. The highest BCUT2D eigenvalue weighted by atomic mass is 35.5. The van der Waals surface area contributed by atoms with E-state index in [0.717, 1.165) is 0 Å². The number of rotatable bonds is 1. The molecule has 0 aliphatic carbocycles. The molecule has 0 aliphatic heterocycles. The minimum atomic E-state index is 0.0748. The van der Waals surface area contributed by atoms with Crippen molar-refractivity contribution in [3.05, 3.63) is 23.2 Å². The standard InChI is InChI=1S/C7H5ClN4O/c8-4-1-2-6(13)5(3-4)7-9-11-12-10-7/h1-3,13H,(H,9,10,11,12). The molecular weight excluding hydrogens is 192 g/mol. The van der Waals surface area contributed by atoms with Crippen molar-refractivity contribution < 1.29 is 5.11 Å². The Bertz CT molecular complexity index is 414. The van der Waals surface area contributed by atoms with Crippen molar-refractivity contribution in [3.8, 4) is 17.1 Å². The van der Waals surface area contributed by atoms with Crippen LogP contribution in [0.15, 0.2) is 18.2 Å². The molecule has 2 N–H and O–H groups in total. The third-order valence-electron chi connectivity index (χ3n) is 1.54. The normalized spacial score (nSPS) is 10.2. The molecule has 0 spiro atoms. The summed E-state index contributed by atoms with van der Waals surface area (Å²) in [5.74, 6) is 0.394. The van der Waals surface area contributed by atoms with Crippen LogP contribution in [0.25, 0.3) is 11.4 Å². The van der Waals surface area contributed by atoms with E-state index in [1.807, 2.05) is 0 Å². The Hall–Kier alpha value is -1.62. The van der Waals surface area contributed by atoms with E-state index in [9.17, 15) is 5.11 Å². The van der Waals surface area contributed by atoms with Crippen molar-refractivity contribution in [2.75, 3.05) is 0 Å². The average molecular weight is 197 g/mol. The second-order valence-corrected chi connectivity index (χ2v) is 2.83. The largest absolute Gasteiger partial charge is 0.507 e. The highest BCUT2D eigenvalue weighted by Crippen LogP contribution is 2.28. The van der Waals surface area contributed by atoms with E-state index >= 15 is 0 Å². The fourth-order valence-corrected chi connectivity index (χ4v) is 1.14. The van der Waals surface area contributed by atoms with Gasteiger partial charge in [0.2, 0.25) is 5.82 Å². The number of phenols is 1. The Morgan fingerprint density at radius 1 is 1.38 bits per heavy atom. The Kier molecular flexibility index (Phi) is 1.86. The lowest BCUT2D eigenvalue weighted by Crippen LogP contribution is -1.82. The smallest absolute Gasteiger partial charge is 0.208 e. The first-order valence-corrected chi connectivity index (χ1v) is 3.87. The van der Waals surface area contributed by atoms with Gasteiger partial charge in [-0.05, 0) is 23.4 Å². The van der Waals surface area contributed by atoms with Crippen molar-refractivity contribution in [1.29, 1.82) is 0 Å². The average Bonchev–Trinajstić information content (AvgIpc) is 2.61. The molecule has 0 bridgehead atoms. The molecule has 0 saturated carbocycles.